The summed E-state index contributed by atoms with van der Waals surface area (Å²) in [5.74, 6) is 2.26. The molecule has 2 heterocycles. The molecule has 2 aromatic rings. The van der Waals surface area contributed by atoms with E-state index in [9.17, 15) is 0 Å². The molecule has 1 aromatic carbocycles. The molecule has 6 nitrogen and oxygen atoms in total. The first kappa shape index (κ1) is 18.9. The molecule has 1 aromatic heterocycles. The van der Waals surface area contributed by atoms with Crippen molar-refractivity contribution in [1.29, 1.82) is 0 Å². The third-order valence-electron chi connectivity index (χ3n) is 4.53. The van der Waals surface area contributed by atoms with Crippen LogP contribution in [-0.2, 0) is 5.75 Å². The van der Waals surface area contributed by atoms with Crippen LogP contribution in [0.15, 0.2) is 35.5 Å². The van der Waals surface area contributed by atoms with Gasteiger partial charge in [0.15, 0.2) is 5.16 Å². The molecule has 3 N–H and O–H groups in total. The van der Waals surface area contributed by atoms with Gasteiger partial charge in [0.1, 0.15) is 11.6 Å². The van der Waals surface area contributed by atoms with Crippen LogP contribution in [0.1, 0.15) is 17.5 Å². The third kappa shape index (κ3) is 5.33. The number of aryl methyl sites for hydroxylation is 1. The topological polar surface area (TPSA) is 78.5 Å². The molecule has 140 valence electrons. The summed E-state index contributed by atoms with van der Waals surface area (Å²) in [5.41, 5.74) is 8.54. The molecule has 0 saturated carbocycles. The predicted molar refractivity (Wildman–Crippen MR) is 108 cm³/mol. The van der Waals surface area contributed by atoms with Gasteiger partial charge >= 0.3 is 0 Å². The van der Waals surface area contributed by atoms with E-state index in [0.29, 0.717) is 5.82 Å². The van der Waals surface area contributed by atoms with Crippen molar-refractivity contribution in [2.24, 2.45) is 0 Å². The van der Waals surface area contributed by atoms with Crippen LogP contribution < -0.4 is 10.6 Å². The van der Waals surface area contributed by atoms with E-state index in [4.69, 9.17) is 15.8 Å². The van der Waals surface area contributed by atoms with Crippen molar-refractivity contribution in [3.63, 3.8) is 0 Å². The number of aromatic nitrogens is 2. The summed E-state index contributed by atoms with van der Waals surface area (Å²) < 4.78 is 0. The molecule has 0 bridgehead atoms. The maximum Gasteiger partial charge on any atom is 0.191 e. The number of nitrogens with two attached hydrogens (primary N) is 1. The summed E-state index contributed by atoms with van der Waals surface area (Å²) in [4.78, 5) is 13.7. The predicted octanol–water partition coefficient (Wildman–Crippen LogP) is 2.16. The first-order chi connectivity index (χ1) is 12.6. The number of benzene rings is 1. The number of aliphatic hydroxyl groups excluding tert-OH is 1. The highest BCUT2D eigenvalue weighted by molar-refractivity contribution is 7.98. The van der Waals surface area contributed by atoms with Crippen molar-refractivity contribution < 1.29 is 5.11 Å². The molecular formula is C19H27N5OS. The van der Waals surface area contributed by atoms with Crippen LogP contribution in [0.3, 0.4) is 0 Å². The standard InChI is InChI=1S/C19H27N5OS/c1-15-3-5-16(6-4-15)14-26-19-21-17(20)13-18(22-19)24-10-8-23(9-11-24)7-2-12-25/h3-6,13,25H,2,7-12,14H2,1H3,(H2,20,21,22). The minimum absolute atomic E-state index is 0.254. The molecule has 0 radical (unpaired) electrons. The van der Waals surface area contributed by atoms with Crippen molar-refractivity contribution in [2.75, 3.05) is 50.0 Å². The van der Waals surface area contributed by atoms with Crippen LogP contribution in [0.5, 0.6) is 0 Å². The van der Waals surface area contributed by atoms with E-state index in [-0.39, 0.29) is 6.61 Å². The van der Waals surface area contributed by atoms with E-state index in [1.807, 2.05) is 6.07 Å². The van der Waals surface area contributed by atoms with Crippen molar-refractivity contribution >= 4 is 23.4 Å². The first-order valence-electron chi connectivity index (χ1n) is 9.05. The van der Waals surface area contributed by atoms with E-state index in [0.717, 1.165) is 55.9 Å². The lowest BCUT2D eigenvalue weighted by atomic mass is 10.2. The fourth-order valence-corrected chi connectivity index (χ4v) is 3.80. The number of anilines is 2. The molecule has 1 aliphatic heterocycles. The third-order valence-corrected chi connectivity index (χ3v) is 5.45. The Bertz CT molecular complexity index is 702. The molecule has 0 unspecified atom stereocenters. The Kier molecular flexibility index (Phi) is 6.71. The molecule has 1 saturated heterocycles. The van der Waals surface area contributed by atoms with Crippen molar-refractivity contribution in [3.8, 4) is 0 Å². The van der Waals surface area contributed by atoms with E-state index in [1.165, 1.54) is 11.1 Å². The Hall–Kier alpha value is -1.83. The number of aliphatic hydroxyl groups is 1. The van der Waals surface area contributed by atoms with Gasteiger partial charge in [-0.05, 0) is 18.9 Å². The van der Waals surface area contributed by atoms with Crippen LogP contribution in [-0.4, -0.2) is 59.3 Å². The van der Waals surface area contributed by atoms with Gasteiger partial charge in [-0.3, -0.25) is 4.90 Å². The van der Waals surface area contributed by atoms with Crippen LogP contribution in [0.2, 0.25) is 0 Å². The van der Waals surface area contributed by atoms with Gasteiger partial charge in [-0.1, -0.05) is 41.6 Å². The van der Waals surface area contributed by atoms with Crippen LogP contribution in [0.4, 0.5) is 11.6 Å². The van der Waals surface area contributed by atoms with Gasteiger partial charge in [-0.2, -0.15) is 0 Å². The Morgan fingerprint density at radius 2 is 1.85 bits per heavy atom. The van der Waals surface area contributed by atoms with Gasteiger partial charge in [0.05, 0.1) is 0 Å². The highest BCUT2D eigenvalue weighted by Crippen LogP contribution is 2.24. The van der Waals surface area contributed by atoms with Gasteiger partial charge in [0, 0.05) is 51.1 Å². The van der Waals surface area contributed by atoms with Crippen molar-refractivity contribution in [3.05, 3.63) is 41.5 Å². The summed E-state index contributed by atoms with van der Waals surface area (Å²) in [5, 5.41) is 9.69. The van der Waals surface area contributed by atoms with Gasteiger partial charge in [0.2, 0.25) is 0 Å². The lowest BCUT2D eigenvalue weighted by Gasteiger charge is -2.35. The zero-order valence-electron chi connectivity index (χ0n) is 15.3. The normalized spacial score (nSPS) is 15.4. The summed E-state index contributed by atoms with van der Waals surface area (Å²) in [6.07, 6.45) is 0.834. The van der Waals surface area contributed by atoms with Gasteiger partial charge in [0.25, 0.3) is 0 Å². The summed E-state index contributed by atoms with van der Waals surface area (Å²) >= 11 is 1.62. The lowest BCUT2D eigenvalue weighted by molar-refractivity contribution is 0.215. The second-order valence-corrected chi connectivity index (χ2v) is 7.56. The SMILES string of the molecule is Cc1ccc(CSc2nc(N)cc(N3CCN(CCCO)CC3)n2)cc1. The summed E-state index contributed by atoms with van der Waals surface area (Å²) in [7, 11) is 0. The average Bonchev–Trinajstić information content (AvgIpc) is 2.66. The van der Waals surface area contributed by atoms with Crippen molar-refractivity contribution in [1.82, 2.24) is 14.9 Å². The fraction of sp³-hybridized carbons (Fsp3) is 0.474. The van der Waals surface area contributed by atoms with Gasteiger partial charge < -0.3 is 15.7 Å². The zero-order valence-corrected chi connectivity index (χ0v) is 16.1. The lowest BCUT2D eigenvalue weighted by Crippen LogP contribution is -2.47. The molecule has 26 heavy (non-hydrogen) atoms. The number of hydrogen-bond donors (Lipinski definition) is 2. The second kappa shape index (κ2) is 9.21. The highest BCUT2D eigenvalue weighted by atomic mass is 32.2. The van der Waals surface area contributed by atoms with Crippen LogP contribution >= 0.6 is 11.8 Å². The number of thioether (sulfide) groups is 1. The molecular weight excluding hydrogens is 346 g/mol. The number of rotatable bonds is 7. The Labute approximate surface area is 159 Å². The highest BCUT2D eigenvalue weighted by Gasteiger charge is 2.18. The largest absolute Gasteiger partial charge is 0.396 e. The van der Waals surface area contributed by atoms with E-state index in [2.05, 4.69) is 46.0 Å². The molecule has 3 rings (SSSR count). The van der Waals surface area contributed by atoms with Gasteiger partial charge in [-0.15, -0.1) is 0 Å². The summed E-state index contributed by atoms with van der Waals surface area (Å²) in [6.45, 7) is 7.10. The summed E-state index contributed by atoms with van der Waals surface area (Å²) in [6, 6.07) is 10.4. The molecule has 0 atom stereocenters. The van der Waals surface area contributed by atoms with Crippen molar-refractivity contribution in [2.45, 2.75) is 24.3 Å². The average molecular weight is 374 g/mol. The molecule has 0 spiro atoms. The number of nitrogen functional groups attached to an aromatic ring is 1. The van der Waals surface area contributed by atoms with Crippen LogP contribution in [0, 0.1) is 6.92 Å². The van der Waals surface area contributed by atoms with Crippen LogP contribution in [0.25, 0.3) is 0 Å². The monoisotopic (exact) mass is 373 g/mol. The van der Waals surface area contributed by atoms with Gasteiger partial charge in [-0.25, -0.2) is 9.97 Å². The van der Waals surface area contributed by atoms with E-state index < -0.39 is 0 Å². The molecule has 1 fully saturated rings. The first-order valence-corrected chi connectivity index (χ1v) is 10.0. The van der Waals surface area contributed by atoms with E-state index >= 15 is 0 Å². The second-order valence-electron chi connectivity index (χ2n) is 6.61. The quantitative estimate of drug-likeness (QED) is 0.569. The Morgan fingerprint density at radius 3 is 2.54 bits per heavy atom. The Balaban J connectivity index is 1.60. The maximum atomic E-state index is 8.96. The molecule has 0 amide bonds. The molecule has 0 aliphatic carbocycles. The smallest absolute Gasteiger partial charge is 0.191 e. The number of nitrogens with zero attached hydrogens (tertiary/aromatic N) is 4. The number of hydrogen-bond acceptors (Lipinski definition) is 7. The number of piperazine rings is 1. The molecule has 7 heteroatoms. The Morgan fingerprint density at radius 1 is 1.12 bits per heavy atom. The fourth-order valence-electron chi connectivity index (χ4n) is 2.98. The molecule has 1 aliphatic rings. The maximum absolute atomic E-state index is 8.96. The zero-order chi connectivity index (χ0) is 18.4. The van der Waals surface area contributed by atoms with E-state index in [1.54, 1.807) is 11.8 Å². The minimum atomic E-state index is 0.254. The minimum Gasteiger partial charge on any atom is -0.396 e.